The number of anilines is 1. The third-order valence-corrected chi connectivity index (χ3v) is 7.77. The molecule has 4 nitrogen and oxygen atoms in total. The van der Waals surface area contributed by atoms with Crippen LogP contribution in [0.5, 0.6) is 0 Å². The molecule has 32 heavy (non-hydrogen) atoms. The Morgan fingerprint density at radius 1 is 0.906 bits per heavy atom. The number of carbonyl (C=O) groups excluding carboxylic acids is 2. The standard InChI is InChI=1S/C27H26N2O2S/c1-18-4-9-21(10-5-18)17-28-24-13-8-20(3)16-23(24)27(26(28)31)29(14-15-32-27)25(30)22-11-6-19(2)7-12-22/h4-13,16H,14-15,17H2,1-3H3. The number of amides is 2. The SMILES string of the molecule is Cc1ccc(CN2C(=O)C3(SCCN3C(=O)c3ccc(C)cc3)c3cc(C)ccc32)cc1. The average Bonchev–Trinajstić information content (AvgIpc) is 3.32. The minimum Gasteiger partial charge on any atom is -0.311 e. The minimum atomic E-state index is -1.01. The maximum absolute atomic E-state index is 14.1. The van der Waals surface area contributed by atoms with Crippen molar-refractivity contribution >= 4 is 29.3 Å². The highest BCUT2D eigenvalue weighted by Gasteiger charge is 2.59. The normalized spacial score (nSPS) is 19.7. The minimum absolute atomic E-state index is 0.0263. The van der Waals surface area contributed by atoms with E-state index < -0.39 is 4.87 Å². The number of carbonyl (C=O) groups is 2. The molecule has 0 aliphatic carbocycles. The molecule has 1 saturated heterocycles. The lowest BCUT2D eigenvalue weighted by molar-refractivity contribution is -0.123. The van der Waals surface area contributed by atoms with Crippen LogP contribution in [0.2, 0.25) is 0 Å². The van der Waals surface area contributed by atoms with E-state index in [0.717, 1.165) is 33.7 Å². The number of nitrogens with zero attached hydrogens (tertiary/aromatic N) is 2. The molecule has 1 spiro atoms. The van der Waals surface area contributed by atoms with Gasteiger partial charge >= 0.3 is 0 Å². The van der Waals surface area contributed by atoms with Crippen molar-refractivity contribution in [3.63, 3.8) is 0 Å². The van der Waals surface area contributed by atoms with Gasteiger partial charge in [-0.1, -0.05) is 65.2 Å². The van der Waals surface area contributed by atoms with Crippen LogP contribution < -0.4 is 4.90 Å². The summed E-state index contributed by atoms with van der Waals surface area (Å²) in [6.07, 6.45) is 0. The summed E-state index contributed by atoms with van der Waals surface area (Å²) in [4.78, 5) is 30.3. The lowest BCUT2D eigenvalue weighted by Crippen LogP contribution is -2.50. The molecule has 1 unspecified atom stereocenters. The summed E-state index contributed by atoms with van der Waals surface area (Å²) in [5.74, 6) is 0.615. The summed E-state index contributed by atoms with van der Waals surface area (Å²) in [6, 6.07) is 22.0. The molecule has 0 saturated carbocycles. The van der Waals surface area contributed by atoms with Crippen molar-refractivity contribution in [1.82, 2.24) is 4.90 Å². The van der Waals surface area contributed by atoms with Gasteiger partial charge < -0.3 is 9.80 Å². The monoisotopic (exact) mass is 442 g/mol. The molecular weight excluding hydrogens is 416 g/mol. The largest absolute Gasteiger partial charge is 0.311 e. The van der Waals surface area contributed by atoms with E-state index in [1.54, 1.807) is 16.7 Å². The predicted octanol–water partition coefficient (Wildman–Crippen LogP) is 5.20. The molecule has 2 heterocycles. The average molecular weight is 443 g/mol. The van der Waals surface area contributed by atoms with Gasteiger partial charge in [0.25, 0.3) is 11.8 Å². The van der Waals surface area contributed by atoms with Crippen LogP contribution >= 0.6 is 11.8 Å². The highest BCUT2D eigenvalue weighted by atomic mass is 32.2. The van der Waals surface area contributed by atoms with E-state index in [1.165, 1.54) is 5.56 Å². The molecular formula is C27H26N2O2S. The van der Waals surface area contributed by atoms with Crippen LogP contribution in [0.1, 0.15) is 38.2 Å². The number of fused-ring (bicyclic) bond motifs is 2. The van der Waals surface area contributed by atoms with Crippen molar-refractivity contribution in [3.8, 4) is 0 Å². The summed E-state index contributed by atoms with van der Waals surface area (Å²) in [5, 5.41) is 0. The zero-order valence-electron chi connectivity index (χ0n) is 18.6. The number of thioether (sulfide) groups is 1. The predicted molar refractivity (Wildman–Crippen MR) is 130 cm³/mol. The molecule has 162 valence electrons. The van der Waals surface area contributed by atoms with E-state index >= 15 is 0 Å². The molecule has 5 heteroatoms. The molecule has 1 atom stereocenters. The zero-order chi connectivity index (χ0) is 22.5. The first-order valence-electron chi connectivity index (χ1n) is 10.9. The maximum Gasteiger partial charge on any atom is 0.268 e. The topological polar surface area (TPSA) is 40.6 Å². The van der Waals surface area contributed by atoms with Gasteiger partial charge in [-0.25, -0.2) is 0 Å². The zero-order valence-corrected chi connectivity index (χ0v) is 19.4. The summed E-state index contributed by atoms with van der Waals surface area (Å²) >= 11 is 1.58. The Kier molecular flexibility index (Phi) is 5.09. The van der Waals surface area contributed by atoms with E-state index in [4.69, 9.17) is 0 Å². The van der Waals surface area contributed by atoms with Crippen LogP contribution in [0, 0.1) is 20.8 Å². The van der Waals surface area contributed by atoms with Gasteiger partial charge in [-0.15, -0.1) is 11.8 Å². The van der Waals surface area contributed by atoms with Crippen LogP contribution in [-0.2, 0) is 16.2 Å². The Balaban J connectivity index is 1.58. The van der Waals surface area contributed by atoms with E-state index in [0.29, 0.717) is 18.7 Å². The fourth-order valence-corrected chi connectivity index (χ4v) is 6.07. The molecule has 3 aromatic rings. The second kappa shape index (κ2) is 7.82. The molecule has 5 rings (SSSR count). The first-order valence-corrected chi connectivity index (χ1v) is 11.9. The van der Waals surface area contributed by atoms with E-state index in [1.807, 2.05) is 55.1 Å². The van der Waals surface area contributed by atoms with Crippen molar-refractivity contribution in [2.24, 2.45) is 0 Å². The number of aryl methyl sites for hydroxylation is 3. The van der Waals surface area contributed by atoms with E-state index in [2.05, 4.69) is 37.3 Å². The first kappa shape index (κ1) is 20.8. The molecule has 2 aliphatic rings. The summed E-state index contributed by atoms with van der Waals surface area (Å²) in [6.45, 7) is 7.14. The Morgan fingerprint density at radius 3 is 2.22 bits per heavy atom. The molecule has 3 aromatic carbocycles. The lowest BCUT2D eigenvalue weighted by atomic mass is 10.0. The van der Waals surface area contributed by atoms with Gasteiger partial charge in [-0.3, -0.25) is 9.59 Å². The van der Waals surface area contributed by atoms with Crippen molar-refractivity contribution < 1.29 is 9.59 Å². The van der Waals surface area contributed by atoms with Crippen LogP contribution in [0.25, 0.3) is 0 Å². The number of hydrogen-bond donors (Lipinski definition) is 0. The van der Waals surface area contributed by atoms with Crippen LogP contribution in [0.4, 0.5) is 5.69 Å². The van der Waals surface area contributed by atoms with Crippen LogP contribution in [0.3, 0.4) is 0 Å². The second-order valence-corrected chi connectivity index (χ2v) is 10.0. The maximum atomic E-state index is 14.1. The quantitative estimate of drug-likeness (QED) is 0.560. The van der Waals surface area contributed by atoms with Gasteiger partial charge in [-0.05, 0) is 44.5 Å². The van der Waals surface area contributed by atoms with Crippen LogP contribution in [-0.4, -0.2) is 29.0 Å². The van der Waals surface area contributed by atoms with Crippen molar-refractivity contribution in [2.75, 3.05) is 17.2 Å². The third-order valence-electron chi connectivity index (χ3n) is 6.35. The fourth-order valence-electron chi connectivity index (χ4n) is 4.61. The second-order valence-electron chi connectivity index (χ2n) is 8.71. The van der Waals surface area contributed by atoms with Gasteiger partial charge in [0.2, 0.25) is 0 Å². The number of rotatable bonds is 3. The first-order chi connectivity index (χ1) is 15.4. The Labute approximate surface area is 193 Å². The van der Waals surface area contributed by atoms with E-state index in [-0.39, 0.29) is 11.8 Å². The summed E-state index contributed by atoms with van der Waals surface area (Å²) in [5.41, 5.74) is 6.91. The van der Waals surface area contributed by atoms with Gasteiger partial charge in [0.1, 0.15) is 0 Å². The smallest absolute Gasteiger partial charge is 0.268 e. The van der Waals surface area contributed by atoms with Gasteiger partial charge in [-0.2, -0.15) is 0 Å². The van der Waals surface area contributed by atoms with Gasteiger partial charge in [0, 0.05) is 23.4 Å². The van der Waals surface area contributed by atoms with Crippen molar-refractivity contribution in [2.45, 2.75) is 32.2 Å². The van der Waals surface area contributed by atoms with Gasteiger partial charge in [0.15, 0.2) is 4.87 Å². The number of hydrogen-bond acceptors (Lipinski definition) is 3. The van der Waals surface area contributed by atoms with Crippen molar-refractivity contribution in [3.05, 3.63) is 100 Å². The molecule has 0 bridgehead atoms. The van der Waals surface area contributed by atoms with Crippen molar-refractivity contribution in [1.29, 1.82) is 0 Å². The summed E-state index contributed by atoms with van der Waals surface area (Å²) in [7, 11) is 0. The molecule has 0 aromatic heterocycles. The van der Waals surface area contributed by atoms with Gasteiger partial charge in [0.05, 0.1) is 12.2 Å². The fraction of sp³-hybridized carbons (Fsp3) is 0.259. The molecule has 0 radical (unpaired) electrons. The Morgan fingerprint density at radius 2 is 1.53 bits per heavy atom. The lowest BCUT2D eigenvalue weighted by Gasteiger charge is -2.33. The molecule has 2 amide bonds. The highest BCUT2D eigenvalue weighted by molar-refractivity contribution is 8.01. The number of benzene rings is 3. The van der Waals surface area contributed by atoms with Crippen LogP contribution in [0.15, 0.2) is 66.7 Å². The molecule has 0 N–H and O–H groups in total. The highest BCUT2D eigenvalue weighted by Crippen LogP contribution is 2.55. The summed E-state index contributed by atoms with van der Waals surface area (Å²) < 4.78 is 0. The molecule has 1 fully saturated rings. The Bertz CT molecular complexity index is 1200. The third kappa shape index (κ3) is 3.23. The molecule has 2 aliphatic heterocycles. The Hall–Kier alpha value is -3.05. The van der Waals surface area contributed by atoms with E-state index in [9.17, 15) is 9.59 Å².